The number of aliphatic carboxylic acids is 1. The molecule has 5 heteroatoms. The van der Waals surface area contributed by atoms with Gasteiger partial charge in [-0.25, -0.2) is 4.79 Å². The van der Waals surface area contributed by atoms with Crippen molar-refractivity contribution < 1.29 is 9.90 Å². The Morgan fingerprint density at radius 1 is 1.64 bits per heavy atom. The minimum Gasteiger partial charge on any atom is -0.480 e. The van der Waals surface area contributed by atoms with Crippen LogP contribution in [0.25, 0.3) is 0 Å². The zero-order chi connectivity index (χ0) is 10.6. The second kappa shape index (κ2) is 5.56. The predicted molar refractivity (Wildman–Crippen MR) is 62.7 cm³/mol. The molecule has 1 rings (SSSR count). The van der Waals surface area contributed by atoms with E-state index in [-0.39, 0.29) is 0 Å². The third-order valence-corrected chi connectivity index (χ3v) is 3.65. The molecule has 0 saturated carbocycles. The summed E-state index contributed by atoms with van der Waals surface area (Å²) in [4.78, 5) is 12.8. The highest BCUT2D eigenvalue weighted by molar-refractivity contribution is 8.22. The van der Waals surface area contributed by atoms with Gasteiger partial charge in [0.05, 0.1) is 0 Å². The number of carbonyl (C=O) groups is 1. The lowest BCUT2D eigenvalue weighted by Crippen LogP contribution is -2.46. The first-order chi connectivity index (χ1) is 6.66. The van der Waals surface area contributed by atoms with Crippen molar-refractivity contribution >= 4 is 34.3 Å². The second-order valence-electron chi connectivity index (χ2n) is 3.24. The van der Waals surface area contributed by atoms with Gasteiger partial charge in [-0.15, -0.1) is 0 Å². The fraction of sp³-hybridized carbons (Fsp3) is 0.778. The van der Waals surface area contributed by atoms with Gasteiger partial charge in [-0.3, -0.25) is 0 Å². The van der Waals surface area contributed by atoms with Gasteiger partial charge in [0.25, 0.3) is 0 Å². The molecular formula is C9H15NO2S2. The molecule has 0 aromatic heterocycles. The van der Waals surface area contributed by atoms with Gasteiger partial charge in [0.15, 0.2) is 0 Å². The van der Waals surface area contributed by atoms with Crippen LogP contribution in [-0.2, 0) is 4.79 Å². The van der Waals surface area contributed by atoms with Gasteiger partial charge in [-0.1, -0.05) is 30.9 Å². The molecule has 0 bridgehead atoms. The lowest BCUT2D eigenvalue weighted by Gasteiger charge is -2.34. The van der Waals surface area contributed by atoms with E-state index in [9.17, 15) is 4.79 Å². The Labute approximate surface area is 93.9 Å². The number of thioether (sulfide) groups is 1. The molecule has 3 nitrogen and oxygen atoms in total. The standard InChI is InChI=1S/C9H15NO2S2/c1-2-14-9(13)10-6-4-3-5-7(10)8(11)12/h7H,2-6H2,1H3,(H,11,12)/t7-/m1/s1. The molecule has 1 saturated heterocycles. The van der Waals surface area contributed by atoms with Crippen molar-refractivity contribution in [3.05, 3.63) is 0 Å². The summed E-state index contributed by atoms with van der Waals surface area (Å²) in [5.74, 6) is 0.158. The summed E-state index contributed by atoms with van der Waals surface area (Å²) < 4.78 is 0.736. The molecule has 14 heavy (non-hydrogen) atoms. The van der Waals surface area contributed by atoms with Gasteiger partial charge in [-0.2, -0.15) is 0 Å². The van der Waals surface area contributed by atoms with Crippen molar-refractivity contribution in [2.75, 3.05) is 12.3 Å². The van der Waals surface area contributed by atoms with E-state index in [1.165, 1.54) is 0 Å². The van der Waals surface area contributed by atoms with Crippen LogP contribution in [0.15, 0.2) is 0 Å². The largest absolute Gasteiger partial charge is 0.480 e. The van der Waals surface area contributed by atoms with E-state index in [1.807, 2.05) is 11.8 Å². The van der Waals surface area contributed by atoms with Crippen molar-refractivity contribution in [1.82, 2.24) is 4.90 Å². The van der Waals surface area contributed by atoms with Crippen LogP contribution in [0.4, 0.5) is 0 Å². The molecule has 0 aliphatic carbocycles. The number of thiocarbonyl (C=S) groups is 1. The van der Waals surface area contributed by atoms with E-state index in [0.717, 1.165) is 35.9 Å². The minimum atomic E-state index is -0.747. The fourth-order valence-corrected chi connectivity index (χ4v) is 2.82. The normalized spacial score (nSPS) is 22.1. The monoisotopic (exact) mass is 233 g/mol. The number of hydrogen-bond donors (Lipinski definition) is 1. The van der Waals surface area contributed by atoms with Crippen LogP contribution in [0.5, 0.6) is 0 Å². The molecule has 0 aromatic carbocycles. The molecule has 1 N–H and O–H groups in total. The van der Waals surface area contributed by atoms with E-state index >= 15 is 0 Å². The fourth-order valence-electron chi connectivity index (χ4n) is 1.61. The molecule has 1 aliphatic rings. The van der Waals surface area contributed by atoms with Gasteiger partial charge in [0.1, 0.15) is 10.4 Å². The van der Waals surface area contributed by atoms with Gasteiger partial charge in [-0.05, 0) is 25.0 Å². The lowest BCUT2D eigenvalue weighted by atomic mass is 10.0. The summed E-state index contributed by atoms with van der Waals surface area (Å²) in [6.45, 7) is 2.82. The maximum atomic E-state index is 11.0. The number of nitrogens with zero attached hydrogens (tertiary/aromatic N) is 1. The van der Waals surface area contributed by atoms with E-state index in [4.69, 9.17) is 17.3 Å². The Morgan fingerprint density at radius 3 is 2.93 bits per heavy atom. The Balaban J connectivity index is 2.62. The summed E-state index contributed by atoms with van der Waals surface area (Å²) in [5.41, 5.74) is 0. The van der Waals surface area contributed by atoms with E-state index in [1.54, 1.807) is 11.8 Å². The number of likely N-dealkylation sites (tertiary alicyclic amines) is 1. The van der Waals surface area contributed by atoms with Gasteiger partial charge in [0.2, 0.25) is 0 Å². The van der Waals surface area contributed by atoms with Crippen LogP contribution in [0.3, 0.4) is 0 Å². The van der Waals surface area contributed by atoms with Crippen LogP contribution in [0, 0.1) is 0 Å². The zero-order valence-corrected chi connectivity index (χ0v) is 9.87. The van der Waals surface area contributed by atoms with Crippen molar-refractivity contribution in [3.8, 4) is 0 Å². The molecule has 1 fully saturated rings. The molecule has 1 atom stereocenters. The maximum absolute atomic E-state index is 11.0. The molecular weight excluding hydrogens is 218 g/mol. The Kier molecular flexibility index (Phi) is 4.68. The highest BCUT2D eigenvalue weighted by Gasteiger charge is 2.29. The third kappa shape index (κ3) is 2.85. The molecule has 80 valence electrons. The van der Waals surface area contributed by atoms with E-state index < -0.39 is 12.0 Å². The topological polar surface area (TPSA) is 40.5 Å². The van der Waals surface area contributed by atoms with Gasteiger partial charge < -0.3 is 10.0 Å². The summed E-state index contributed by atoms with van der Waals surface area (Å²) >= 11 is 6.75. The first kappa shape index (κ1) is 11.8. The molecule has 0 radical (unpaired) electrons. The summed E-state index contributed by atoms with van der Waals surface area (Å²) in [7, 11) is 0. The van der Waals surface area contributed by atoms with E-state index in [2.05, 4.69) is 0 Å². The SMILES string of the molecule is CCSC(=S)N1CCCC[C@@H]1C(=O)O. The molecule has 0 amide bonds. The number of rotatable bonds is 2. The van der Waals surface area contributed by atoms with Crippen LogP contribution in [0.2, 0.25) is 0 Å². The Morgan fingerprint density at radius 2 is 2.36 bits per heavy atom. The zero-order valence-electron chi connectivity index (χ0n) is 8.23. The van der Waals surface area contributed by atoms with Crippen LogP contribution < -0.4 is 0 Å². The average Bonchev–Trinajstić information content (AvgIpc) is 2.18. The van der Waals surface area contributed by atoms with Crippen molar-refractivity contribution in [3.63, 3.8) is 0 Å². The molecule has 1 heterocycles. The number of carboxylic acids is 1. The highest BCUT2D eigenvalue weighted by Crippen LogP contribution is 2.21. The molecule has 1 aliphatic heterocycles. The maximum Gasteiger partial charge on any atom is 0.326 e. The predicted octanol–water partition coefficient (Wildman–Crippen LogP) is 1.96. The first-order valence-corrected chi connectivity index (χ1v) is 6.22. The second-order valence-corrected chi connectivity index (χ2v) is 5.14. The van der Waals surface area contributed by atoms with E-state index in [0.29, 0.717) is 0 Å². The van der Waals surface area contributed by atoms with Gasteiger partial charge >= 0.3 is 5.97 Å². The summed E-state index contributed by atoms with van der Waals surface area (Å²) in [6, 6.07) is -0.393. The van der Waals surface area contributed by atoms with Crippen molar-refractivity contribution in [2.45, 2.75) is 32.2 Å². The quantitative estimate of drug-likeness (QED) is 0.738. The van der Waals surface area contributed by atoms with Crippen molar-refractivity contribution in [2.24, 2.45) is 0 Å². The average molecular weight is 233 g/mol. The number of carboxylic acid groups (broad SMARTS) is 1. The summed E-state index contributed by atoms with van der Waals surface area (Å²) in [5, 5.41) is 9.02. The lowest BCUT2D eigenvalue weighted by molar-refractivity contribution is -0.142. The van der Waals surface area contributed by atoms with Gasteiger partial charge in [0, 0.05) is 6.54 Å². The minimum absolute atomic E-state index is 0.393. The smallest absolute Gasteiger partial charge is 0.326 e. The summed E-state index contributed by atoms with van der Waals surface area (Å²) in [6.07, 6.45) is 2.76. The van der Waals surface area contributed by atoms with Crippen LogP contribution in [-0.4, -0.2) is 38.6 Å². The van der Waals surface area contributed by atoms with Crippen LogP contribution in [0.1, 0.15) is 26.2 Å². The van der Waals surface area contributed by atoms with Crippen LogP contribution >= 0.6 is 24.0 Å². The highest BCUT2D eigenvalue weighted by atomic mass is 32.2. The Bertz CT molecular complexity index is 233. The number of piperidine rings is 1. The number of hydrogen-bond acceptors (Lipinski definition) is 3. The third-order valence-electron chi connectivity index (χ3n) is 2.29. The molecule has 0 aromatic rings. The first-order valence-electron chi connectivity index (χ1n) is 4.83. The van der Waals surface area contributed by atoms with Crippen molar-refractivity contribution in [1.29, 1.82) is 0 Å². The Hall–Kier alpha value is -0.290. The molecule has 0 unspecified atom stereocenters. The molecule has 0 spiro atoms.